The van der Waals surface area contributed by atoms with Crippen molar-refractivity contribution in [1.29, 1.82) is 0 Å². The molecule has 1 aliphatic carbocycles. The number of nitrogens with zero attached hydrogens (tertiary/aromatic N) is 3. The number of hydrogen-bond donors (Lipinski definition) is 2. The van der Waals surface area contributed by atoms with Crippen LogP contribution in [-0.4, -0.2) is 85.9 Å². The summed E-state index contributed by atoms with van der Waals surface area (Å²) in [6, 6.07) is 2.35. The van der Waals surface area contributed by atoms with Crippen LogP contribution in [0.4, 0.5) is 0 Å². The van der Waals surface area contributed by atoms with E-state index in [2.05, 4.69) is 41.2 Å². The van der Waals surface area contributed by atoms with Crippen LogP contribution in [0.3, 0.4) is 0 Å². The highest BCUT2D eigenvalue weighted by Crippen LogP contribution is 2.26. The molecule has 0 amide bonds. The molecule has 0 spiro atoms. The number of rotatable bonds is 6. The molecule has 3 aliphatic rings. The first kappa shape index (κ1) is 20.9. The van der Waals surface area contributed by atoms with Crippen LogP contribution >= 0.6 is 0 Å². The molecule has 0 bridgehead atoms. The van der Waals surface area contributed by atoms with E-state index in [0.29, 0.717) is 18.1 Å². The van der Waals surface area contributed by atoms with E-state index in [4.69, 9.17) is 9.73 Å². The van der Waals surface area contributed by atoms with Crippen molar-refractivity contribution in [2.24, 2.45) is 4.99 Å². The molecule has 0 aromatic rings. The number of piperidine rings is 1. The molecule has 1 saturated carbocycles. The van der Waals surface area contributed by atoms with Crippen LogP contribution in [-0.2, 0) is 4.74 Å². The molecule has 0 aromatic carbocycles. The molecular formula is C21H41N5O. The third-order valence-corrected chi connectivity index (χ3v) is 6.55. The molecule has 2 saturated heterocycles. The fourth-order valence-electron chi connectivity index (χ4n) is 4.91. The van der Waals surface area contributed by atoms with Crippen LogP contribution in [0.1, 0.15) is 59.3 Å². The predicted molar refractivity (Wildman–Crippen MR) is 112 cm³/mol. The van der Waals surface area contributed by atoms with Crippen molar-refractivity contribution < 1.29 is 4.74 Å². The van der Waals surface area contributed by atoms with Gasteiger partial charge in [-0.05, 0) is 46.5 Å². The van der Waals surface area contributed by atoms with Gasteiger partial charge in [0.25, 0.3) is 0 Å². The number of nitrogens with one attached hydrogen (secondary N) is 2. The predicted octanol–water partition coefficient (Wildman–Crippen LogP) is 2.06. The topological polar surface area (TPSA) is 52.1 Å². The van der Waals surface area contributed by atoms with Gasteiger partial charge in [-0.1, -0.05) is 12.8 Å². The maximum Gasteiger partial charge on any atom is 0.191 e. The van der Waals surface area contributed by atoms with E-state index in [9.17, 15) is 0 Å². The summed E-state index contributed by atoms with van der Waals surface area (Å²) in [5.41, 5.74) is 0. The summed E-state index contributed by atoms with van der Waals surface area (Å²) in [6.07, 6.45) is 8.16. The van der Waals surface area contributed by atoms with Gasteiger partial charge in [0.2, 0.25) is 0 Å². The average Bonchev–Trinajstić information content (AvgIpc) is 3.22. The van der Waals surface area contributed by atoms with Crippen molar-refractivity contribution in [2.75, 3.05) is 45.9 Å². The molecule has 0 radical (unpaired) electrons. The van der Waals surface area contributed by atoms with E-state index in [0.717, 1.165) is 44.8 Å². The number of hydrogen-bond acceptors (Lipinski definition) is 4. The quantitative estimate of drug-likeness (QED) is 0.546. The standard InChI is InChI=1S/C21H41N5O/c1-4-22-21(23-15-17(2)26-13-14-27-16-18(26)3)24-19-9-11-25(12-10-19)20-7-5-6-8-20/h17-20H,4-16H2,1-3H3,(H2,22,23,24). The molecule has 3 fully saturated rings. The Labute approximate surface area is 166 Å². The van der Waals surface area contributed by atoms with Crippen molar-refractivity contribution >= 4 is 5.96 Å². The number of guanidine groups is 1. The lowest BCUT2D eigenvalue weighted by atomic mass is 10.0. The van der Waals surface area contributed by atoms with Gasteiger partial charge in [0.15, 0.2) is 5.96 Å². The summed E-state index contributed by atoms with van der Waals surface area (Å²) in [5, 5.41) is 7.15. The first-order chi connectivity index (χ1) is 13.2. The molecule has 2 atom stereocenters. The van der Waals surface area contributed by atoms with Crippen molar-refractivity contribution in [3.05, 3.63) is 0 Å². The number of ether oxygens (including phenoxy) is 1. The molecule has 0 aromatic heterocycles. The Bertz CT molecular complexity index is 457. The Morgan fingerprint density at radius 3 is 2.56 bits per heavy atom. The highest BCUT2D eigenvalue weighted by molar-refractivity contribution is 5.80. The van der Waals surface area contributed by atoms with Gasteiger partial charge in [0.05, 0.1) is 19.8 Å². The molecule has 2 heterocycles. The number of morpholine rings is 1. The van der Waals surface area contributed by atoms with Gasteiger partial charge in [-0.3, -0.25) is 9.89 Å². The van der Waals surface area contributed by atoms with E-state index in [-0.39, 0.29) is 0 Å². The van der Waals surface area contributed by atoms with E-state index in [1.165, 1.54) is 51.6 Å². The smallest absolute Gasteiger partial charge is 0.191 e. The van der Waals surface area contributed by atoms with Crippen LogP contribution < -0.4 is 10.6 Å². The number of likely N-dealkylation sites (tertiary alicyclic amines) is 1. The maximum atomic E-state index is 5.57. The van der Waals surface area contributed by atoms with Gasteiger partial charge in [0, 0.05) is 50.3 Å². The lowest BCUT2D eigenvalue weighted by Gasteiger charge is -2.38. The van der Waals surface area contributed by atoms with Gasteiger partial charge in [-0.2, -0.15) is 0 Å². The van der Waals surface area contributed by atoms with Gasteiger partial charge >= 0.3 is 0 Å². The molecule has 156 valence electrons. The number of aliphatic imine (C=N–C) groups is 1. The van der Waals surface area contributed by atoms with E-state index in [1.54, 1.807) is 0 Å². The lowest BCUT2D eigenvalue weighted by molar-refractivity contribution is -0.0166. The van der Waals surface area contributed by atoms with Crippen LogP contribution in [0.5, 0.6) is 0 Å². The van der Waals surface area contributed by atoms with Gasteiger partial charge < -0.3 is 20.3 Å². The fraction of sp³-hybridized carbons (Fsp3) is 0.952. The van der Waals surface area contributed by atoms with Gasteiger partial charge in [0.1, 0.15) is 0 Å². The Morgan fingerprint density at radius 2 is 1.89 bits per heavy atom. The molecule has 2 N–H and O–H groups in total. The second-order valence-corrected chi connectivity index (χ2v) is 8.62. The van der Waals surface area contributed by atoms with Crippen molar-refractivity contribution in [3.63, 3.8) is 0 Å². The van der Waals surface area contributed by atoms with Gasteiger partial charge in [-0.15, -0.1) is 0 Å². The first-order valence-corrected chi connectivity index (χ1v) is 11.3. The van der Waals surface area contributed by atoms with Crippen LogP contribution in [0.2, 0.25) is 0 Å². The minimum Gasteiger partial charge on any atom is -0.379 e. The summed E-state index contributed by atoms with van der Waals surface area (Å²) < 4.78 is 5.57. The average molecular weight is 380 g/mol. The zero-order valence-corrected chi connectivity index (χ0v) is 17.8. The molecule has 2 aliphatic heterocycles. The highest BCUT2D eigenvalue weighted by Gasteiger charge is 2.27. The highest BCUT2D eigenvalue weighted by atomic mass is 16.5. The molecule has 27 heavy (non-hydrogen) atoms. The van der Waals surface area contributed by atoms with E-state index in [1.807, 2.05) is 0 Å². The molecule has 6 nitrogen and oxygen atoms in total. The van der Waals surface area contributed by atoms with Crippen LogP contribution in [0.25, 0.3) is 0 Å². The molecule has 2 unspecified atom stereocenters. The minimum absolute atomic E-state index is 0.448. The second-order valence-electron chi connectivity index (χ2n) is 8.62. The molecule has 3 rings (SSSR count). The zero-order chi connectivity index (χ0) is 19.1. The summed E-state index contributed by atoms with van der Waals surface area (Å²) in [5.74, 6) is 0.990. The van der Waals surface area contributed by atoms with Gasteiger partial charge in [-0.25, -0.2) is 0 Å². The first-order valence-electron chi connectivity index (χ1n) is 11.3. The summed E-state index contributed by atoms with van der Waals surface area (Å²) in [7, 11) is 0. The monoisotopic (exact) mass is 379 g/mol. The summed E-state index contributed by atoms with van der Waals surface area (Å²) in [4.78, 5) is 10.2. The molecular weight excluding hydrogens is 338 g/mol. The Hall–Kier alpha value is -0.850. The SMILES string of the molecule is CCNC(=NCC(C)N1CCOCC1C)NC1CCN(C2CCCC2)CC1. The van der Waals surface area contributed by atoms with E-state index < -0.39 is 0 Å². The fourth-order valence-corrected chi connectivity index (χ4v) is 4.91. The Kier molecular flexibility index (Phi) is 8.22. The minimum atomic E-state index is 0.448. The maximum absolute atomic E-state index is 5.57. The second kappa shape index (κ2) is 10.6. The third kappa shape index (κ3) is 6.06. The van der Waals surface area contributed by atoms with E-state index >= 15 is 0 Å². The molecule has 6 heteroatoms. The lowest BCUT2D eigenvalue weighted by Crippen LogP contribution is -2.51. The zero-order valence-electron chi connectivity index (χ0n) is 17.8. The Balaban J connectivity index is 1.46. The Morgan fingerprint density at radius 1 is 1.15 bits per heavy atom. The normalized spacial score (nSPS) is 28.4. The largest absolute Gasteiger partial charge is 0.379 e. The van der Waals surface area contributed by atoms with Crippen molar-refractivity contribution in [2.45, 2.75) is 83.5 Å². The van der Waals surface area contributed by atoms with Crippen molar-refractivity contribution in [3.8, 4) is 0 Å². The summed E-state index contributed by atoms with van der Waals surface area (Å²) in [6.45, 7) is 13.6. The van der Waals surface area contributed by atoms with Crippen LogP contribution in [0, 0.1) is 0 Å². The van der Waals surface area contributed by atoms with Crippen LogP contribution in [0.15, 0.2) is 4.99 Å². The summed E-state index contributed by atoms with van der Waals surface area (Å²) >= 11 is 0. The van der Waals surface area contributed by atoms with Crippen molar-refractivity contribution in [1.82, 2.24) is 20.4 Å². The third-order valence-electron chi connectivity index (χ3n) is 6.55.